The number of benzene rings is 1. The van der Waals surface area contributed by atoms with E-state index in [0.29, 0.717) is 0 Å². The zero-order valence-electron chi connectivity index (χ0n) is 12.7. The molecule has 21 heavy (non-hydrogen) atoms. The van der Waals surface area contributed by atoms with Crippen molar-refractivity contribution in [2.24, 2.45) is 0 Å². The molecule has 2 aromatic rings. The van der Waals surface area contributed by atoms with E-state index in [9.17, 15) is 0 Å². The summed E-state index contributed by atoms with van der Waals surface area (Å²) in [6.45, 7) is 2.02. The fraction of sp³-hybridized carbons (Fsp3) is 0.400. The maximum atomic E-state index is 5.37. The average Bonchev–Trinajstić information content (AvgIpc) is 2.93. The third-order valence-electron chi connectivity index (χ3n) is 3.13. The number of hydrogen-bond donors (Lipinski definition) is 1. The molecular formula is C15H20N2O2S2. The van der Waals surface area contributed by atoms with Gasteiger partial charge in [-0.1, -0.05) is 17.8 Å². The Labute approximate surface area is 133 Å². The number of methoxy groups -OCH3 is 2. The molecule has 6 heteroatoms. The van der Waals surface area contributed by atoms with E-state index in [1.807, 2.05) is 26.1 Å². The SMILES string of the molecule is CNC(CSc1nc(C)cs1)c1ccc(OC)c(OC)c1. The lowest BCUT2D eigenvalue weighted by atomic mass is 10.1. The molecule has 0 aliphatic carbocycles. The number of thiazole rings is 1. The second-order valence-corrected chi connectivity index (χ2v) is 6.65. The summed E-state index contributed by atoms with van der Waals surface area (Å²) in [4.78, 5) is 4.48. The van der Waals surface area contributed by atoms with Crippen LogP contribution in [0.3, 0.4) is 0 Å². The Balaban J connectivity index is 2.09. The van der Waals surface area contributed by atoms with E-state index in [2.05, 4.69) is 21.7 Å². The molecule has 0 spiro atoms. The quantitative estimate of drug-likeness (QED) is 0.789. The molecule has 1 unspecified atom stereocenters. The summed E-state index contributed by atoms with van der Waals surface area (Å²) in [5, 5.41) is 5.42. The normalized spacial score (nSPS) is 12.2. The monoisotopic (exact) mass is 324 g/mol. The van der Waals surface area contributed by atoms with Crippen LogP contribution in [0.2, 0.25) is 0 Å². The van der Waals surface area contributed by atoms with Crippen LogP contribution in [0.5, 0.6) is 11.5 Å². The first kappa shape index (κ1) is 16.1. The molecule has 1 atom stereocenters. The third-order valence-corrected chi connectivity index (χ3v) is 5.36. The number of aromatic nitrogens is 1. The summed E-state index contributed by atoms with van der Waals surface area (Å²) in [7, 11) is 5.27. The van der Waals surface area contributed by atoms with Gasteiger partial charge in [0.25, 0.3) is 0 Å². The Morgan fingerprint density at radius 1 is 1.29 bits per heavy atom. The van der Waals surface area contributed by atoms with Crippen molar-refractivity contribution in [1.29, 1.82) is 0 Å². The highest BCUT2D eigenvalue weighted by molar-refractivity contribution is 8.01. The Bertz CT molecular complexity index is 587. The van der Waals surface area contributed by atoms with Gasteiger partial charge in [0.05, 0.1) is 14.2 Å². The van der Waals surface area contributed by atoms with Gasteiger partial charge in [0.15, 0.2) is 11.5 Å². The van der Waals surface area contributed by atoms with Gasteiger partial charge in [0.2, 0.25) is 0 Å². The van der Waals surface area contributed by atoms with Crippen molar-refractivity contribution in [1.82, 2.24) is 10.3 Å². The highest BCUT2D eigenvalue weighted by Gasteiger charge is 2.14. The van der Waals surface area contributed by atoms with Crippen LogP contribution < -0.4 is 14.8 Å². The molecule has 0 saturated carbocycles. The minimum atomic E-state index is 0.235. The van der Waals surface area contributed by atoms with Crippen LogP contribution in [-0.2, 0) is 0 Å². The Morgan fingerprint density at radius 3 is 2.62 bits per heavy atom. The predicted molar refractivity (Wildman–Crippen MR) is 88.9 cm³/mol. The molecule has 2 rings (SSSR count). The summed E-state index contributed by atoms with van der Waals surface area (Å²) >= 11 is 3.46. The van der Waals surface area contributed by atoms with Crippen molar-refractivity contribution in [3.63, 3.8) is 0 Å². The largest absolute Gasteiger partial charge is 0.493 e. The van der Waals surface area contributed by atoms with Crippen molar-refractivity contribution in [2.75, 3.05) is 27.0 Å². The van der Waals surface area contributed by atoms with Crippen molar-refractivity contribution < 1.29 is 9.47 Å². The fourth-order valence-electron chi connectivity index (χ4n) is 1.97. The number of rotatable bonds is 7. The number of nitrogens with zero attached hydrogens (tertiary/aromatic N) is 1. The summed E-state index contributed by atoms with van der Waals surface area (Å²) in [6.07, 6.45) is 0. The molecule has 1 N–H and O–H groups in total. The Hall–Kier alpha value is -1.24. The molecule has 0 aliphatic heterocycles. The van der Waals surface area contributed by atoms with E-state index < -0.39 is 0 Å². The number of ether oxygens (including phenoxy) is 2. The third kappa shape index (κ3) is 4.12. The minimum absolute atomic E-state index is 0.235. The van der Waals surface area contributed by atoms with Crippen LogP contribution in [0.4, 0.5) is 0 Å². The molecule has 0 amide bonds. The Morgan fingerprint density at radius 2 is 2.05 bits per heavy atom. The van der Waals surface area contributed by atoms with Gasteiger partial charge in [0.1, 0.15) is 4.34 Å². The molecule has 1 aromatic carbocycles. The van der Waals surface area contributed by atoms with Gasteiger partial charge in [0, 0.05) is 22.9 Å². The lowest BCUT2D eigenvalue weighted by molar-refractivity contribution is 0.354. The number of aryl methyl sites for hydroxylation is 1. The molecule has 0 fully saturated rings. The van der Waals surface area contributed by atoms with Crippen LogP contribution in [0.25, 0.3) is 0 Å². The van der Waals surface area contributed by atoms with Gasteiger partial charge < -0.3 is 14.8 Å². The number of nitrogens with one attached hydrogen (secondary N) is 1. The summed E-state index contributed by atoms with van der Waals surface area (Å²) in [5.41, 5.74) is 2.26. The van der Waals surface area contributed by atoms with Crippen molar-refractivity contribution >= 4 is 23.1 Å². The molecule has 0 aliphatic rings. The van der Waals surface area contributed by atoms with Crippen LogP contribution in [0, 0.1) is 6.92 Å². The first-order valence-electron chi connectivity index (χ1n) is 6.62. The topological polar surface area (TPSA) is 43.4 Å². The van der Waals surface area contributed by atoms with Crippen molar-refractivity contribution in [2.45, 2.75) is 17.3 Å². The van der Waals surface area contributed by atoms with Gasteiger partial charge in [-0.3, -0.25) is 0 Å². The molecule has 1 aromatic heterocycles. The van der Waals surface area contributed by atoms with Gasteiger partial charge in [-0.25, -0.2) is 4.98 Å². The highest BCUT2D eigenvalue weighted by atomic mass is 32.2. The molecule has 0 saturated heterocycles. The minimum Gasteiger partial charge on any atom is -0.493 e. The summed E-state index contributed by atoms with van der Waals surface area (Å²) in [6, 6.07) is 6.26. The summed E-state index contributed by atoms with van der Waals surface area (Å²) < 4.78 is 11.8. The molecule has 0 radical (unpaired) electrons. The first-order chi connectivity index (χ1) is 10.2. The van der Waals surface area contributed by atoms with Gasteiger partial charge in [-0.2, -0.15) is 0 Å². The van der Waals surface area contributed by atoms with E-state index >= 15 is 0 Å². The van der Waals surface area contributed by atoms with Crippen LogP contribution in [0.15, 0.2) is 27.9 Å². The second kappa shape index (κ2) is 7.68. The number of thioether (sulfide) groups is 1. The van der Waals surface area contributed by atoms with Crippen LogP contribution in [0.1, 0.15) is 17.3 Å². The smallest absolute Gasteiger partial charge is 0.161 e. The molecular weight excluding hydrogens is 304 g/mol. The number of hydrogen-bond acceptors (Lipinski definition) is 6. The predicted octanol–water partition coefficient (Wildman–Crippen LogP) is 3.52. The highest BCUT2D eigenvalue weighted by Crippen LogP contribution is 2.32. The van der Waals surface area contributed by atoms with Gasteiger partial charge in [-0.15, -0.1) is 11.3 Å². The molecule has 1 heterocycles. The van der Waals surface area contributed by atoms with E-state index in [4.69, 9.17) is 9.47 Å². The van der Waals surface area contributed by atoms with E-state index in [1.54, 1.807) is 37.3 Å². The zero-order chi connectivity index (χ0) is 15.2. The summed E-state index contributed by atoms with van der Waals surface area (Å²) in [5.74, 6) is 2.42. The van der Waals surface area contributed by atoms with Crippen molar-refractivity contribution in [3.8, 4) is 11.5 Å². The lowest BCUT2D eigenvalue weighted by Gasteiger charge is -2.17. The standard InChI is InChI=1S/C15H20N2O2S2/c1-10-8-20-15(17-10)21-9-12(16-2)11-5-6-13(18-3)14(7-11)19-4/h5-8,12,16H,9H2,1-4H3. The van der Waals surface area contributed by atoms with E-state index in [-0.39, 0.29) is 6.04 Å². The Kier molecular flexibility index (Phi) is 5.90. The van der Waals surface area contributed by atoms with Crippen LogP contribution in [-0.4, -0.2) is 32.0 Å². The molecule has 0 bridgehead atoms. The van der Waals surface area contributed by atoms with Crippen molar-refractivity contribution in [3.05, 3.63) is 34.8 Å². The molecule has 114 valence electrons. The molecule has 4 nitrogen and oxygen atoms in total. The average molecular weight is 324 g/mol. The van der Waals surface area contributed by atoms with E-state index in [1.165, 1.54) is 5.56 Å². The maximum absolute atomic E-state index is 5.37. The maximum Gasteiger partial charge on any atom is 0.161 e. The second-order valence-electron chi connectivity index (χ2n) is 4.52. The van der Waals surface area contributed by atoms with Crippen LogP contribution >= 0.6 is 23.1 Å². The lowest BCUT2D eigenvalue weighted by Crippen LogP contribution is -2.18. The van der Waals surface area contributed by atoms with Gasteiger partial charge in [-0.05, 0) is 31.7 Å². The van der Waals surface area contributed by atoms with Gasteiger partial charge >= 0.3 is 0 Å². The fourth-order valence-corrected chi connectivity index (χ4v) is 3.99. The zero-order valence-corrected chi connectivity index (χ0v) is 14.3. The van der Waals surface area contributed by atoms with E-state index in [0.717, 1.165) is 27.3 Å². The first-order valence-corrected chi connectivity index (χ1v) is 8.48.